The zero-order valence-corrected chi connectivity index (χ0v) is 23.8. The van der Waals surface area contributed by atoms with Crippen LogP contribution in [-0.4, -0.2) is 36.4 Å². The van der Waals surface area contributed by atoms with Crippen LogP contribution >= 0.6 is 11.6 Å². The number of hydrogen-bond donors (Lipinski definition) is 2. The molecule has 0 aliphatic carbocycles. The Morgan fingerprint density at radius 1 is 1.02 bits per heavy atom. The summed E-state index contributed by atoms with van der Waals surface area (Å²) >= 11 is 6.47. The predicted molar refractivity (Wildman–Crippen MR) is 159 cm³/mol. The fourth-order valence-corrected chi connectivity index (χ4v) is 5.12. The first-order valence-electron chi connectivity index (χ1n) is 13.0. The van der Waals surface area contributed by atoms with E-state index >= 15 is 0 Å². The number of benzene rings is 3. The molecule has 0 bridgehead atoms. The molecule has 0 radical (unpaired) electrons. The minimum Gasteiger partial charge on any atom is -0.487 e. The molecular formula is C30H28ClFN4O4S. The van der Waals surface area contributed by atoms with Crippen LogP contribution in [0.1, 0.15) is 18.2 Å². The van der Waals surface area contributed by atoms with E-state index in [1.165, 1.54) is 18.5 Å². The summed E-state index contributed by atoms with van der Waals surface area (Å²) < 4.78 is 48.5. The first-order valence-corrected chi connectivity index (χ1v) is 15.2. The Morgan fingerprint density at radius 3 is 2.71 bits per heavy atom. The van der Waals surface area contributed by atoms with Crippen LogP contribution in [0.4, 0.5) is 15.9 Å². The van der Waals surface area contributed by atoms with Crippen LogP contribution in [0.2, 0.25) is 5.02 Å². The van der Waals surface area contributed by atoms with E-state index in [2.05, 4.69) is 20.6 Å². The van der Waals surface area contributed by atoms with Crippen molar-refractivity contribution in [2.75, 3.05) is 23.4 Å². The normalized spacial score (nSPS) is 11.6. The Kier molecular flexibility index (Phi) is 8.82. The Bertz CT molecular complexity index is 1780. The number of hydrogen-bond acceptors (Lipinski definition) is 8. The van der Waals surface area contributed by atoms with Gasteiger partial charge in [-0.1, -0.05) is 30.7 Å². The zero-order valence-electron chi connectivity index (χ0n) is 22.2. The first kappa shape index (κ1) is 28.5. The number of furan rings is 1. The fraction of sp³-hybridized carbons (Fsp3) is 0.200. The summed E-state index contributed by atoms with van der Waals surface area (Å²) in [5.74, 6) is 2.34. The second-order valence-electron chi connectivity index (χ2n) is 9.32. The summed E-state index contributed by atoms with van der Waals surface area (Å²) in [5.41, 5.74) is 3.00. The Morgan fingerprint density at radius 2 is 1.90 bits per heavy atom. The molecule has 0 aliphatic rings. The van der Waals surface area contributed by atoms with Gasteiger partial charge in [0.25, 0.3) is 0 Å². The average Bonchev–Trinajstić information content (AvgIpc) is 3.44. The van der Waals surface area contributed by atoms with Crippen molar-refractivity contribution in [2.45, 2.75) is 20.1 Å². The third kappa shape index (κ3) is 7.40. The molecule has 0 saturated carbocycles. The maximum Gasteiger partial charge on any atom is 0.151 e. The molecule has 3 aromatic carbocycles. The molecule has 5 rings (SSSR count). The molecule has 2 aromatic heterocycles. The molecule has 0 unspecified atom stereocenters. The number of anilines is 2. The van der Waals surface area contributed by atoms with Gasteiger partial charge in [0.1, 0.15) is 41.8 Å². The van der Waals surface area contributed by atoms with Crippen LogP contribution in [0.25, 0.3) is 22.2 Å². The Balaban J connectivity index is 1.28. The smallest absolute Gasteiger partial charge is 0.151 e. The summed E-state index contributed by atoms with van der Waals surface area (Å²) in [7, 11) is -3.01. The number of fused-ring (bicyclic) bond motifs is 1. The lowest BCUT2D eigenvalue weighted by molar-refractivity contribution is 0.306. The van der Waals surface area contributed by atoms with Crippen molar-refractivity contribution < 1.29 is 22.0 Å². The highest BCUT2D eigenvalue weighted by Crippen LogP contribution is 2.32. The van der Waals surface area contributed by atoms with Gasteiger partial charge in [-0.2, -0.15) is 0 Å². The molecular weight excluding hydrogens is 567 g/mol. The lowest BCUT2D eigenvalue weighted by atomic mass is 10.1. The van der Waals surface area contributed by atoms with Crippen molar-refractivity contribution in [3.8, 4) is 17.1 Å². The van der Waals surface area contributed by atoms with Gasteiger partial charge in [-0.15, -0.1) is 0 Å². The molecule has 0 amide bonds. The van der Waals surface area contributed by atoms with E-state index in [0.29, 0.717) is 52.5 Å². The van der Waals surface area contributed by atoms with E-state index in [4.69, 9.17) is 20.8 Å². The van der Waals surface area contributed by atoms with Gasteiger partial charge in [0.2, 0.25) is 0 Å². The second-order valence-corrected chi connectivity index (χ2v) is 12.2. The van der Waals surface area contributed by atoms with Gasteiger partial charge in [0, 0.05) is 28.9 Å². The van der Waals surface area contributed by atoms with Crippen LogP contribution in [0.15, 0.2) is 83.5 Å². The molecule has 0 aliphatic heterocycles. The van der Waals surface area contributed by atoms with Crippen LogP contribution in [0.5, 0.6) is 5.75 Å². The number of rotatable bonds is 12. The van der Waals surface area contributed by atoms with Crippen molar-refractivity contribution >= 4 is 43.8 Å². The van der Waals surface area contributed by atoms with Gasteiger partial charge < -0.3 is 19.8 Å². The number of nitrogens with zero attached hydrogens (tertiary/aromatic N) is 2. The van der Waals surface area contributed by atoms with Crippen molar-refractivity contribution in [3.05, 3.63) is 101 Å². The van der Waals surface area contributed by atoms with Gasteiger partial charge in [0.05, 0.1) is 22.8 Å². The van der Waals surface area contributed by atoms with Gasteiger partial charge in [0.15, 0.2) is 9.84 Å². The van der Waals surface area contributed by atoms with E-state index in [0.717, 1.165) is 16.5 Å². The third-order valence-corrected chi connectivity index (χ3v) is 8.39. The molecule has 0 atom stereocenters. The average molecular weight is 595 g/mol. The van der Waals surface area contributed by atoms with Crippen molar-refractivity contribution in [3.63, 3.8) is 0 Å². The number of nitrogens with one attached hydrogen (secondary N) is 2. The molecule has 41 heavy (non-hydrogen) atoms. The Hall–Kier alpha value is -3.99. The molecule has 0 spiro atoms. The molecule has 11 heteroatoms. The Labute approximate surface area is 242 Å². The van der Waals surface area contributed by atoms with Gasteiger partial charge in [-0.05, 0) is 66.2 Å². The molecule has 0 saturated heterocycles. The topological polar surface area (TPSA) is 106 Å². The molecule has 2 N–H and O–H groups in total. The maximum absolute atomic E-state index is 13.4. The van der Waals surface area contributed by atoms with E-state index in [1.54, 1.807) is 31.2 Å². The van der Waals surface area contributed by atoms with Crippen LogP contribution in [0.3, 0.4) is 0 Å². The van der Waals surface area contributed by atoms with Gasteiger partial charge in [-0.3, -0.25) is 0 Å². The minimum absolute atomic E-state index is 0.0907. The minimum atomic E-state index is -3.01. The zero-order chi connectivity index (χ0) is 28.8. The first-order chi connectivity index (χ1) is 19.8. The van der Waals surface area contributed by atoms with E-state index in [1.807, 2.05) is 36.4 Å². The number of ether oxygens (including phenoxy) is 1. The highest BCUT2D eigenvalue weighted by atomic mass is 35.5. The lowest BCUT2D eigenvalue weighted by Gasteiger charge is -2.12. The number of sulfone groups is 1. The van der Waals surface area contributed by atoms with Crippen LogP contribution in [0, 0.1) is 5.82 Å². The van der Waals surface area contributed by atoms with Crippen molar-refractivity contribution in [1.29, 1.82) is 0 Å². The van der Waals surface area contributed by atoms with E-state index < -0.39 is 9.84 Å². The summed E-state index contributed by atoms with van der Waals surface area (Å²) in [6, 6.07) is 21.0. The van der Waals surface area contributed by atoms with Gasteiger partial charge >= 0.3 is 0 Å². The van der Waals surface area contributed by atoms with Crippen LogP contribution in [-0.2, 0) is 23.0 Å². The molecule has 0 fully saturated rings. The summed E-state index contributed by atoms with van der Waals surface area (Å²) in [4.78, 5) is 8.81. The van der Waals surface area contributed by atoms with E-state index in [9.17, 15) is 12.8 Å². The van der Waals surface area contributed by atoms with E-state index in [-0.39, 0.29) is 23.9 Å². The standard InChI is InChI=1S/C30H28ClFN4O4S/c1-2-41(37,38)13-12-33-17-24-8-11-28(40-24)21-6-9-27-25(15-21)30(35-19-34-27)36-23-7-10-29(26(31)16-23)39-18-20-4-3-5-22(32)14-20/h3-11,14-16,19,33H,2,12-13,17-18H2,1H3,(H,34,35,36). The molecule has 212 valence electrons. The summed E-state index contributed by atoms with van der Waals surface area (Å²) in [6.45, 7) is 2.61. The van der Waals surface area contributed by atoms with Crippen molar-refractivity contribution in [2.24, 2.45) is 0 Å². The maximum atomic E-state index is 13.4. The SMILES string of the molecule is CCS(=O)(=O)CCNCc1ccc(-c2ccc3ncnc(Nc4ccc(OCc5cccc(F)c5)c(Cl)c4)c3c2)o1. The lowest BCUT2D eigenvalue weighted by Crippen LogP contribution is -2.23. The molecule has 5 aromatic rings. The van der Waals surface area contributed by atoms with Gasteiger partial charge in [-0.25, -0.2) is 22.8 Å². The summed E-state index contributed by atoms with van der Waals surface area (Å²) in [5, 5.41) is 7.60. The highest BCUT2D eigenvalue weighted by Gasteiger charge is 2.12. The third-order valence-electron chi connectivity index (χ3n) is 6.39. The second kappa shape index (κ2) is 12.7. The summed E-state index contributed by atoms with van der Waals surface area (Å²) in [6.07, 6.45) is 1.48. The van der Waals surface area contributed by atoms with Crippen molar-refractivity contribution in [1.82, 2.24) is 15.3 Å². The fourth-order valence-electron chi connectivity index (χ4n) is 4.14. The number of aromatic nitrogens is 2. The largest absolute Gasteiger partial charge is 0.487 e. The quantitative estimate of drug-likeness (QED) is 0.157. The highest BCUT2D eigenvalue weighted by molar-refractivity contribution is 7.91. The molecule has 8 nitrogen and oxygen atoms in total. The van der Waals surface area contributed by atoms with Crippen LogP contribution < -0.4 is 15.4 Å². The monoisotopic (exact) mass is 594 g/mol. The number of halogens is 2. The predicted octanol–water partition coefficient (Wildman–Crippen LogP) is 6.53. The molecule has 2 heterocycles.